The van der Waals surface area contributed by atoms with Crippen molar-refractivity contribution in [2.45, 2.75) is 25.9 Å². The lowest BCUT2D eigenvalue weighted by Gasteiger charge is -2.32. The highest BCUT2D eigenvalue weighted by atomic mass is 32.2. The minimum Gasteiger partial charge on any atom is -0.490 e. The van der Waals surface area contributed by atoms with Crippen LogP contribution in [0, 0.1) is 6.92 Å². The van der Waals surface area contributed by atoms with Crippen molar-refractivity contribution in [2.24, 2.45) is 0 Å². The molecule has 0 radical (unpaired) electrons. The minimum absolute atomic E-state index is 0.170. The molecule has 1 aliphatic heterocycles. The average molecular weight is 407 g/mol. The fourth-order valence-corrected chi connectivity index (χ4v) is 4.34. The second-order valence-corrected chi connectivity index (χ2v) is 8.34. The molecule has 4 rings (SSSR count). The summed E-state index contributed by atoms with van der Waals surface area (Å²) in [6, 6.07) is 16.5. The zero-order valence-corrected chi connectivity index (χ0v) is 17.7. The third-order valence-electron chi connectivity index (χ3n) is 5.58. The summed E-state index contributed by atoms with van der Waals surface area (Å²) in [4.78, 5) is 18.6. The zero-order valence-electron chi connectivity index (χ0n) is 16.9. The van der Waals surface area contributed by atoms with Crippen LogP contribution in [0.25, 0.3) is 22.0 Å². The number of rotatable bonds is 5. The van der Waals surface area contributed by atoms with Crippen LogP contribution in [0.15, 0.2) is 54.7 Å². The lowest BCUT2D eigenvalue weighted by atomic mass is 9.99. The Bertz CT molecular complexity index is 995. The van der Waals surface area contributed by atoms with Crippen LogP contribution in [0.3, 0.4) is 0 Å². The molecule has 1 aromatic heterocycles. The molecule has 0 spiro atoms. The van der Waals surface area contributed by atoms with Crippen molar-refractivity contribution in [3.8, 4) is 16.9 Å². The molecular weight excluding hydrogens is 380 g/mol. The van der Waals surface area contributed by atoms with E-state index >= 15 is 0 Å². The second kappa shape index (κ2) is 8.87. The summed E-state index contributed by atoms with van der Waals surface area (Å²) in [5, 5.41) is 1.19. The molecule has 0 unspecified atom stereocenters. The molecule has 5 heteroatoms. The zero-order chi connectivity index (χ0) is 20.2. The third kappa shape index (κ3) is 4.40. The number of aromatic nitrogens is 1. The van der Waals surface area contributed by atoms with Crippen LogP contribution in [0.1, 0.15) is 18.4 Å². The Morgan fingerprint density at radius 3 is 2.59 bits per heavy atom. The number of thioether (sulfide) groups is 1. The quantitative estimate of drug-likeness (QED) is 0.602. The van der Waals surface area contributed by atoms with Gasteiger partial charge in [-0.05, 0) is 42.5 Å². The molecule has 150 valence electrons. The number of fused-ring (bicyclic) bond motifs is 1. The van der Waals surface area contributed by atoms with Gasteiger partial charge in [0.05, 0.1) is 11.3 Å². The molecule has 2 heterocycles. The van der Waals surface area contributed by atoms with E-state index in [0.29, 0.717) is 5.75 Å². The van der Waals surface area contributed by atoms with Crippen LogP contribution in [-0.4, -0.2) is 47.0 Å². The maximum absolute atomic E-state index is 12.0. The van der Waals surface area contributed by atoms with Gasteiger partial charge in [-0.2, -0.15) is 11.8 Å². The highest BCUT2D eigenvalue weighted by Gasteiger charge is 2.23. The molecule has 29 heavy (non-hydrogen) atoms. The first kappa shape index (κ1) is 19.8. The van der Waals surface area contributed by atoms with Gasteiger partial charge in [-0.1, -0.05) is 30.3 Å². The predicted octanol–water partition coefficient (Wildman–Crippen LogP) is 4.94. The van der Waals surface area contributed by atoms with Crippen molar-refractivity contribution < 1.29 is 9.53 Å². The maximum atomic E-state index is 12.0. The fraction of sp³-hybridized carbons (Fsp3) is 0.333. The highest BCUT2D eigenvalue weighted by molar-refractivity contribution is 7.99. The van der Waals surface area contributed by atoms with Crippen molar-refractivity contribution >= 4 is 28.6 Å². The summed E-state index contributed by atoms with van der Waals surface area (Å²) in [5.74, 6) is 1.68. The summed E-state index contributed by atoms with van der Waals surface area (Å²) in [6.07, 6.45) is 5.86. The van der Waals surface area contributed by atoms with E-state index in [1.807, 2.05) is 41.6 Å². The topological polar surface area (TPSA) is 42.4 Å². The molecule has 3 aromatic rings. The highest BCUT2D eigenvalue weighted by Crippen LogP contribution is 2.30. The number of hydrogen-bond donors (Lipinski definition) is 0. The van der Waals surface area contributed by atoms with Crippen molar-refractivity contribution in [3.05, 3.63) is 60.3 Å². The van der Waals surface area contributed by atoms with Gasteiger partial charge in [0.25, 0.3) is 0 Å². The van der Waals surface area contributed by atoms with Crippen molar-refractivity contribution in [2.75, 3.05) is 25.1 Å². The normalized spacial score (nSPS) is 14.9. The van der Waals surface area contributed by atoms with Gasteiger partial charge in [-0.3, -0.25) is 9.78 Å². The summed E-state index contributed by atoms with van der Waals surface area (Å²) < 4.78 is 6.18. The van der Waals surface area contributed by atoms with Crippen LogP contribution >= 0.6 is 11.8 Å². The third-order valence-corrected chi connectivity index (χ3v) is 6.11. The SMILES string of the molecule is CSCC(=O)N1CCC(Oc2ccc(-c3cnc4ccccc4c3C)cc2)CC1. The Morgan fingerprint density at radius 2 is 1.86 bits per heavy atom. The number of carbonyl (C=O) groups is 1. The van der Waals surface area contributed by atoms with Crippen LogP contribution in [0.2, 0.25) is 0 Å². The number of piperidine rings is 1. The summed E-state index contributed by atoms with van der Waals surface area (Å²) in [7, 11) is 0. The number of hydrogen-bond acceptors (Lipinski definition) is 4. The number of ether oxygens (including phenoxy) is 1. The first-order chi connectivity index (χ1) is 14.2. The molecule has 2 aromatic carbocycles. The molecule has 0 N–H and O–H groups in total. The smallest absolute Gasteiger partial charge is 0.232 e. The first-order valence-corrected chi connectivity index (χ1v) is 11.4. The Labute approximate surface area is 176 Å². The Balaban J connectivity index is 1.42. The van der Waals surface area contributed by atoms with Gasteiger partial charge in [0, 0.05) is 43.1 Å². The standard InChI is InChI=1S/C24H26N2O2S/c1-17-21-5-3-4-6-23(21)25-15-22(17)18-7-9-19(10-8-18)28-20-11-13-26(14-12-20)24(27)16-29-2/h3-10,15,20H,11-14,16H2,1-2H3. The average Bonchev–Trinajstić information content (AvgIpc) is 2.76. The molecule has 1 amide bonds. The van der Waals surface area contributed by atoms with Crippen LogP contribution < -0.4 is 4.74 Å². The lowest BCUT2D eigenvalue weighted by molar-refractivity contribution is -0.130. The first-order valence-electron chi connectivity index (χ1n) is 10.0. The maximum Gasteiger partial charge on any atom is 0.232 e. The summed E-state index contributed by atoms with van der Waals surface area (Å²) >= 11 is 1.58. The number of aryl methyl sites for hydroxylation is 1. The van der Waals surface area contributed by atoms with E-state index < -0.39 is 0 Å². The Hall–Kier alpha value is -2.53. The monoisotopic (exact) mass is 406 g/mol. The molecule has 0 atom stereocenters. The van der Waals surface area contributed by atoms with Crippen molar-refractivity contribution in [1.82, 2.24) is 9.88 Å². The predicted molar refractivity (Wildman–Crippen MR) is 121 cm³/mol. The van der Waals surface area contributed by atoms with Gasteiger partial charge in [0.15, 0.2) is 0 Å². The molecule has 0 bridgehead atoms. The molecule has 1 fully saturated rings. The van der Waals surface area contributed by atoms with E-state index in [2.05, 4.69) is 36.2 Å². The summed E-state index contributed by atoms with van der Waals surface area (Å²) in [5.41, 5.74) is 4.56. The fourth-order valence-electron chi connectivity index (χ4n) is 3.91. The van der Waals surface area contributed by atoms with Gasteiger partial charge in [-0.15, -0.1) is 0 Å². The van der Waals surface area contributed by atoms with Gasteiger partial charge < -0.3 is 9.64 Å². The van der Waals surface area contributed by atoms with E-state index in [0.717, 1.165) is 48.3 Å². The van der Waals surface area contributed by atoms with Crippen LogP contribution in [0.5, 0.6) is 5.75 Å². The molecule has 4 nitrogen and oxygen atoms in total. The number of para-hydroxylation sites is 1. The van der Waals surface area contributed by atoms with E-state index in [4.69, 9.17) is 4.74 Å². The van der Waals surface area contributed by atoms with E-state index in [9.17, 15) is 4.79 Å². The number of nitrogens with zero attached hydrogens (tertiary/aromatic N) is 2. The van der Waals surface area contributed by atoms with E-state index in [1.54, 1.807) is 11.8 Å². The van der Waals surface area contributed by atoms with Crippen molar-refractivity contribution in [1.29, 1.82) is 0 Å². The minimum atomic E-state index is 0.170. The number of amides is 1. The van der Waals surface area contributed by atoms with Gasteiger partial charge in [-0.25, -0.2) is 0 Å². The Kier molecular flexibility index (Phi) is 6.05. The Morgan fingerprint density at radius 1 is 1.14 bits per heavy atom. The molecule has 1 saturated heterocycles. The number of likely N-dealkylation sites (tertiary alicyclic amines) is 1. The van der Waals surface area contributed by atoms with Gasteiger partial charge in [0.2, 0.25) is 5.91 Å². The molecular formula is C24H26N2O2S. The van der Waals surface area contributed by atoms with Crippen LogP contribution in [-0.2, 0) is 4.79 Å². The summed E-state index contributed by atoms with van der Waals surface area (Å²) in [6.45, 7) is 3.71. The second-order valence-electron chi connectivity index (χ2n) is 7.47. The number of pyridine rings is 1. The number of benzene rings is 2. The van der Waals surface area contributed by atoms with Gasteiger partial charge in [0.1, 0.15) is 11.9 Å². The van der Waals surface area contributed by atoms with E-state index in [1.165, 1.54) is 10.9 Å². The molecule has 1 aliphatic rings. The largest absolute Gasteiger partial charge is 0.490 e. The molecule has 0 saturated carbocycles. The van der Waals surface area contributed by atoms with Crippen molar-refractivity contribution in [3.63, 3.8) is 0 Å². The lowest BCUT2D eigenvalue weighted by Crippen LogP contribution is -2.42. The van der Waals surface area contributed by atoms with E-state index in [-0.39, 0.29) is 12.0 Å². The van der Waals surface area contributed by atoms with Gasteiger partial charge >= 0.3 is 0 Å². The number of carbonyl (C=O) groups excluding carboxylic acids is 1. The molecule has 0 aliphatic carbocycles. The van der Waals surface area contributed by atoms with Crippen LogP contribution in [0.4, 0.5) is 0 Å².